The summed E-state index contributed by atoms with van der Waals surface area (Å²) in [5, 5.41) is 6.99. The van der Waals surface area contributed by atoms with Crippen LogP contribution in [0.3, 0.4) is 0 Å². The first-order valence-electron chi connectivity index (χ1n) is 7.37. The Bertz CT molecular complexity index is 366. The summed E-state index contributed by atoms with van der Waals surface area (Å²) in [4.78, 5) is 4.72. The van der Waals surface area contributed by atoms with Crippen LogP contribution in [0.5, 0.6) is 0 Å². The Hall–Kier alpha value is -0.410. The Balaban J connectivity index is 2.47. The Morgan fingerprint density at radius 3 is 2.16 bits per heavy atom. The molecule has 1 rings (SSSR count). The van der Waals surface area contributed by atoms with Crippen LogP contribution in [0.1, 0.15) is 59.2 Å². The van der Waals surface area contributed by atoms with E-state index in [9.17, 15) is 0 Å². The Kier molecular flexibility index (Phi) is 6.00. The highest BCUT2D eigenvalue weighted by atomic mass is 32.1. The summed E-state index contributed by atoms with van der Waals surface area (Å²) in [5.41, 5.74) is 1.35. The fraction of sp³-hybridized carbons (Fsp3) is 0.812. The van der Waals surface area contributed by atoms with Gasteiger partial charge in [-0.2, -0.15) is 0 Å². The molecule has 0 saturated heterocycles. The van der Waals surface area contributed by atoms with Crippen LogP contribution in [0, 0.1) is 17.8 Å². The number of nitrogens with one attached hydrogen (secondary N) is 1. The lowest BCUT2D eigenvalue weighted by Gasteiger charge is -2.25. The summed E-state index contributed by atoms with van der Waals surface area (Å²) in [5.74, 6) is 2.20. The normalized spacial score (nSPS) is 12.9. The molecule has 0 aliphatic carbocycles. The van der Waals surface area contributed by atoms with Crippen molar-refractivity contribution in [3.05, 3.63) is 16.1 Å². The van der Waals surface area contributed by atoms with Gasteiger partial charge in [0.25, 0.3) is 0 Å². The topological polar surface area (TPSA) is 24.9 Å². The second-order valence-corrected chi connectivity index (χ2v) is 8.03. The molecule has 0 saturated carbocycles. The smallest absolute Gasteiger partial charge is 0.0982 e. The van der Waals surface area contributed by atoms with Crippen LogP contribution in [0.2, 0.25) is 0 Å². The zero-order valence-corrected chi connectivity index (χ0v) is 14.4. The molecule has 0 aliphatic rings. The summed E-state index contributed by atoms with van der Waals surface area (Å²) in [6, 6.07) is 0. The Morgan fingerprint density at radius 1 is 1.16 bits per heavy atom. The van der Waals surface area contributed by atoms with Crippen molar-refractivity contribution in [1.29, 1.82) is 0 Å². The Labute approximate surface area is 123 Å². The van der Waals surface area contributed by atoms with E-state index in [1.807, 2.05) is 0 Å². The minimum absolute atomic E-state index is 0.168. The highest BCUT2D eigenvalue weighted by molar-refractivity contribution is 7.09. The van der Waals surface area contributed by atoms with E-state index in [2.05, 4.69) is 59.2 Å². The van der Waals surface area contributed by atoms with E-state index in [1.165, 1.54) is 10.7 Å². The van der Waals surface area contributed by atoms with E-state index in [0.717, 1.165) is 30.8 Å². The monoisotopic (exact) mass is 282 g/mol. The first kappa shape index (κ1) is 16.6. The van der Waals surface area contributed by atoms with Crippen LogP contribution < -0.4 is 5.32 Å². The van der Waals surface area contributed by atoms with Gasteiger partial charge in [-0.25, -0.2) is 4.98 Å². The quantitative estimate of drug-likeness (QED) is 0.833. The minimum atomic E-state index is 0.168. The number of thiazole rings is 1. The van der Waals surface area contributed by atoms with Crippen LogP contribution in [0.25, 0.3) is 0 Å². The van der Waals surface area contributed by atoms with Gasteiger partial charge in [-0.15, -0.1) is 11.3 Å². The van der Waals surface area contributed by atoms with Gasteiger partial charge in [0.2, 0.25) is 0 Å². The van der Waals surface area contributed by atoms with Gasteiger partial charge in [-0.1, -0.05) is 48.5 Å². The van der Waals surface area contributed by atoms with Gasteiger partial charge >= 0.3 is 0 Å². The van der Waals surface area contributed by atoms with Crippen molar-refractivity contribution in [2.45, 2.75) is 60.4 Å². The molecule has 0 aromatic carbocycles. The molecule has 1 aromatic rings. The molecule has 0 fully saturated rings. The van der Waals surface area contributed by atoms with Crippen molar-refractivity contribution in [2.75, 3.05) is 6.54 Å². The molecule has 0 atom stereocenters. The molecule has 0 aliphatic heterocycles. The third-order valence-corrected chi connectivity index (χ3v) is 4.91. The molecule has 19 heavy (non-hydrogen) atoms. The van der Waals surface area contributed by atoms with Crippen LogP contribution in [-0.2, 0) is 12.0 Å². The molecule has 2 nitrogen and oxygen atoms in total. The predicted octanol–water partition coefficient (Wildman–Crippen LogP) is 4.46. The van der Waals surface area contributed by atoms with Crippen LogP contribution in [0.15, 0.2) is 5.38 Å². The summed E-state index contributed by atoms with van der Waals surface area (Å²) in [7, 11) is 0. The molecule has 3 heteroatoms. The standard InChI is InChI=1S/C16H30N2S/c1-11(2)14(12(3)4)9-17-8-13-10-19-15(18-13)16(5,6)7/h10-12,14,17H,8-9H2,1-7H3. The van der Waals surface area contributed by atoms with Crippen molar-refractivity contribution in [3.63, 3.8) is 0 Å². The van der Waals surface area contributed by atoms with E-state index in [0.29, 0.717) is 0 Å². The summed E-state index contributed by atoms with van der Waals surface area (Å²) in [6.07, 6.45) is 0. The summed E-state index contributed by atoms with van der Waals surface area (Å²) < 4.78 is 0. The largest absolute Gasteiger partial charge is 0.311 e. The lowest BCUT2D eigenvalue weighted by molar-refractivity contribution is 0.275. The highest BCUT2D eigenvalue weighted by Gasteiger charge is 2.19. The van der Waals surface area contributed by atoms with Gasteiger partial charge in [-0.3, -0.25) is 0 Å². The molecule has 1 aromatic heterocycles. The SMILES string of the molecule is CC(C)C(CNCc1csc(C(C)(C)C)n1)C(C)C. The molecular weight excluding hydrogens is 252 g/mol. The first-order chi connectivity index (χ1) is 8.71. The average molecular weight is 282 g/mol. The van der Waals surface area contributed by atoms with E-state index < -0.39 is 0 Å². The van der Waals surface area contributed by atoms with Crippen molar-refractivity contribution in [3.8, 4) is 0 Å². The van der Waals surface area contributed by atoms with Gasteiger partial charge in [0.05, 0.1) is 10.7 Å². The van der Waals surface area contributed by atoms with Crippen LogP contribution in [0.4, 0.5) is 0 Å². The molecule has 0 spiro atoms. The van der Waals surface area contributed by atoms with Crippen LogP contribution in [-0.4, -0.2) is 11.5 Å². The summed E-state index contributed by atoms with van der Waals surface area (Å²) >= 11 is 1.78. The van der Waals surface area contributed by atoms with Crippen molar-refractivity contribution in [2.24, 2.45) is 17.8 Å². The second-order valence-electron chi connectivity index (χ2n) is 7.18. The third kappa shape index (κ3) is 5.23. The molecule has 0 bridgehead atoms. The lowest BCUT2D eigenvalue weighted by atomic mass is 9.85. The zero-order chi connectivity index (χ0) is 14.6. The second kappa shape index (κ2) is 6.85. The fourth-order valence-electron chi connectivity index (χ4n) is 2.34. The van der Waals surface area contributed by atoms with Crippen molar-refractivity contribution >= 4 is 11.3 Å². The van der Waals surface area contributed by atoms with Gasteiger partial charge in [-0.05, 0) is 24.3 Å². The van der Waals surface area contributed by atoms with Crippen molar-refractivity contribution < 1.29 is 0 Å². The molecule has 0 amide bonds. The number of hydrogen-bond acceptors (Lipinski definition) is 3. The van der Waals surface area contributed by atoms with E-state index in [-0.39, 0.29) is 5.41 Å². The molecule has 0 radical (unpaired) electrons. The molecule has 0 unspecified atom stereocenters. The fourth-order valence-corrected chi connectivity index (χ4v) is 3.25. The lowest BCUT2D eigenvalue weighted by Crippen LogP contribution is -2.29. The maximum atomic E-state index is 4.72. The maximum absolute atomic E-state index is 4.72. The summed E-state index contributed by atoms with van der Waals surface area (Å²) in [6.45, 7) is 17.9. The number of nitrogens with zero attached hydrogens (tertiary/aromatic N) is 1. The van der Waals surface area contributed by atoms with Gasteiger partial charge < -0.3 is 5.32 Å². The maximum Gasteiger partial charge on any atom is 0.0982 e. The molecule has 1 N–H and O–H groups in total. The van der Waals surface area contributed by atoms with Gasteiger partial charge in [0.15, 0.2) is 0 Å². The number of hydrogen-bond donors (Lipinski definition) is 1. The Morgan fingerprint density at radius 2 is 1.74 bits per heavy atom. The predicted molar refractivity (Wildman–Crippen MR) is 85.7 cm³/mol. The van der Waals surface area contributed by atoms with Gasteiger partial charge in [0, 0.05) is 17.3 Å². The van der Waals surface area contributed by atoms with Gasteiger partial charge in [0.1, 0.15) is 0 Å². The van der Waals surface area contributed by atoms with E-state index in [1.54, 1.807) is 11.3 Å². The van der Waals surface area contributed by atoms with E-state index in [4.69, 9.17) is 4.98 Å². The van der Waals surface area contributed by atoms with E-state index >= 15 is 0 Å². The molecule has 110 valence electrons. The zero-order valence-electron chi connectivity index (χ0n) is 13.6. The third-order valence-electron chi connectivity index (χ3n) is 3.59. The molecule has 1 heterocycles. The number of aromatic nitrogens is 1. The average Bonchev–Trinajstić information content (AvgIpc) is 2.71. The molecular formula is C16H30N2S. The first-order valence-corrected chi connectivity index (χ1v) is 8.25. The van der Waals surface area contributed by atoms with Crippen molar-refractivity contribution in [1.82, 2.24) is 10.3 Å². The minimum Gasteiger partial charge on any atom is -0.311 e. The highest BCUT2D eigenvalue weighted by Crippen LogP contribution is 2.25. The number of rotatable bonds is 6. The van der Waals surface area contributed by atoms with Crippen LogP contribution >= 0.6 is 11.3 Å².